The second-order valence-electron chi connectivity index (χ2n) is 6.30. The number of amides is 1. The van der Waals surface area contributed by atoms with Crippen molar-refractivity contribution in [1.29, 1.82) is 0 Å². The van der Waals surface area contributed by atoms with E-state index < -0.39 is 10.0 Å². The van der Waals surface area contributed by atoms with Gasteiger partial charge in [0.05, 0.1) is 24.8 Å². The summed E-state index contributed by atoms with van der Waals surface area (Å²) >= 11 is 0. The highest BCUT2D eigenvalue weighted by Gasteiger charge is 2.22. The molecule has 0 atom stereocenters. The number of ether oxygens (including phenoxy) is 2. The molecule has 1 heterocycles. The summed E-state index contributed by atoms with van der Waals surface area (Å²) in [6, 6.07) is 9.84. The number of anilines is 1. The van der Waals surface area contributed by atoms with E-state index in [2.05, 4.69) is 4.72 Å². The van der Waals surface area contributed by atoms with Crippen LogP contribution in [0.1, 0.15) is 18.1 Å². The molecule has 27 heavy (non-hydrogen) atoms. The van der Waals surface area contributed by atoms with Gasteiger partial charge in [0, 0.05) is 26.1 Å². The molecule has 0 saturated carbocycles. The Morgan fingerprint density at radius 3 is 2.44 bits per heavy atom. The van der Waals surface area contributed by atoms with Crippen LogP contribution in [0, 0.1) is 0 Å². The first kappa shape index (κ1) is 19.0. The van der Waals surface area contributed by atoms with Gasteiger partial charge in [-0.15, -0.1) is 0 Å². The van der Waals surface area contributed by atoms with Crippen LogP contribution in [-0.4, -0.2) is 40.0 Å². The second-order valence-corrected chi connectivity index (χ2v) is 7.98. The molecule has 1 amide bonds. The highest BCUT2D eigenvalue weighted by molar-refractivity contribution is 7.92. The van der Waals surface area contributed by atoms with Crippen LogP contribution in [0.3, 0.4) is 0 Å². The monoisotopic (exact) mass is 390 g/mol. The van der Waals surface area contributed by atoms with Gasteiger partial charge < -0.3 is 14.4 Å². The number of nitrogens with one attached hydrogen (secondary N) is 1. The minimum absolute atomic E-state index is 0.0163. The first-order chi connectivity index (χ1) is 12.8. The van der Waals surface area contributed by atoms with Gasteiger partial charge in [-0.1, -0.05) is 6.07 Å². The lowest BCUT2D eigenvalue weighted by Crippen LogP contribution is -2.34. The van der Waals surface area contributed by atoms with Gasteiger partial charge in [-0.05, 0) is 41.8 Å². The maximum atomic E-state index is 12.8. The topological polar surface area (TPSA) is 84.9 Å². The van der Waals surface area contributed by atoms with Gasteiger partial charge in [0.1, 0.15) is 0 Å². The minimum Gasteiger partial charge on any atom is -0.493 e. The van der Waals surface area contributed by atoms with E-state index in [0.29, 0.717) is 30.3 Å². The molecule has 7 nitrogen and oxygen atoms in total. The lowest BCUT2D eigenvalue weighted by molar-refractivity contribution is -0.129. The normalized spacial score (nSPS) is 13.7. The molecule has 1 aliphatic rings. The Morgan fingerprint density at radius 1 is 1.04 bits per heavy atom. The Hall–Kier alpha value is -2.74. The van der Waals surface area contributed by atoms with Gasteiger partial charge in [-0.3, -0.25) is 9.52 Å². The molecule has 144 valence electrons. The fourth-order valence-corrected chi connectivity index (χ4v) is 4.18. The van der Waals surface area contributed by atoms with Crippen LogP contribution in [-0.2, 0) is 27.8 Å². The lowest BCUT2D eigenvalue weighted by Gasteiger charge is -2.28. The van der Waals surface area contributed by atoms with E-state index in [1.165, 1.54) is 21.1 Å². The third-order valence-electron chi connectivity index (χ3n) is 4.58. The predicted octanol–water partition coefficient (Wildman–Crippen LogP) is 2.41. The number of fused-ring (bicyclic) bond motifs is 1. The molecule has 0 bridgehead atoms. The van der Waals surface area contributed by atoms with Crippen molar-refractivity contribution < 1.29 is 22.7 Å². The average molecular weight is 390 g/mol. The number of carbonyl (C=O) groups is 1. The molecule has 0 aliphatic carbocycles. The summed E-state index contributed by atoms with van der Waals surface area (Å²) in [5, 5.41) is 0. The molecule has 3 rings (SSSR count). The predicted molar refractivity (Wildman–Crippen MR) is 102 cm³/mol. The summed E-state index contributed by atoms with van der Waals surface area (Å²) in [5.41, 5.74) is 2.29. The molecule has 0 radical (unpaired) electrons. The molecule has 0 fully saturated rings. The average Bonchev–Trinajstić information content (AvgIpc) is 2.66. The molecule has 0 unspecified atom stereocenters. The second kappa shape index (κ2) is 7.48. The fourth-order valence-electron chi connectivity index (χ4n) is 3.08. The molecule has 1 N–H and O–H groups in total. The molecule has 2 aromatic rings. The Bertz CT molecular complexity index is 972. The standard InChI is InChI=1S/C19H22N2O5S/c1-13(22)21-9-8-14-4-6-17(10-15(14)12-21)27(23,24)20-16-5-7-18(25-2)19(11-16)26-3/h4-7,10-11,20H,8-9,12H2,1-3H3. The van der Waals surface area contributed by atoms with Crippen LogP contribution in [0.5, 0.6) is 11.5 Å². The van der Waals surface area contributed by atoms with E-state index in [0.717, 1.165) is 17.5 Å². The number of benzene rings is 2. The van der Waals surface area contributed by atoms with Gasteiger partial charge in [-0.25, -0.2) is 8.42 Å². The van der Waals surface area contributed by atoms with Crippen LogP contribution in [0.4, 0.5) is 5.69 Å². The molecular formula is C19H22N2O5S. The summed E-state index contributed by atoms with van der Waals surface area (Å²) in [6.45, 7) is 2.59. The summed E-state index contributed by atoms with van der Waals surface area (Å²) in [5.74, 6) is 0.927. The molecule has 0 aromatic heterocycles. The number of rotatable bonds is 5. The smallest absolute Gasteiger partial charge is 0.261 e. The number of nitrogens with zero attached hydrogens (tertiary/aromatic N) is 1. The van der Waals surface area contributed by atoms with Crippen molar-refractivity contribution in [3.05, 3.63) is 47.5 Å². The Labute approximate surface area is 158 Å². The number of hydrogen-bond donors (Lipinski definition) is 1. The maximum Gasteiger partial charge on any atom is 0.261 e. The summed E-state index contributed by atoms with van der Waals surface area (Å²) in [4.78, 5) is 13.5. The zero-order valence-electron chi connectivity index (χ0n) is 15.5. The van der Waals surface area contributed by atoms with Gasteiger partial charge in [-0.2, -0.15) is 0 Å². The lowest BCUT2D eigenvalue weighted by atomic mass is 10.00. The van der Waals surface area contributed by atoms with E-state index in [-0.39, 0.29) is 10.8 Å². The van der Waals surface area contributed by atoms with E-state index >= 15 is 0 Å². The number of carbonyl (C=O) groups excluding carboxylic acids is 1. The van der Waals surface area contributed by atoms with Crippen LogP contribution in [0.15, 0.2) is 41.3 Å². The SMILES string of the molecule is COc1ccc(NS(=O)(=O)c2ccc3c(c2)CN(C(C)=O)CC3)cc1OC. The highest BCUT2D eigenvalue weighted by atomic mass is 32.2. The summed E-state index contributed by atoms with van der Waals surface area (Å²) < 4.78 is 38.5. The van der Waals surface area contributed by atoms with Crippen molar-refractivity contribution in [1.82, 2.24) is 4.90 Å². The van der Waals surface area contributed by atoms with E-state index in [9.17, 15) is 13.2 Å². The molecule has 0 spiro atoms. The van der Waals surface area contributed by atoms with E-state index in [4.69, 9.17) is 9.47 Å². The zero-order chi connectivity index (χ0) is 19.6. The number of sulfonamides is 1. The van der Waals surface area contributed by atoms with Gasteiger partial charge in [0.2, 0.25) is 5.91 Å². The van der Waals surface area contributed by atoms with Gasteiger partial charge in [0.15, 0.2) is 11.5 Å². The number of methoxy groups -OCH3 is 2. The van der Waals surface area contributed by atoms with Gasteiger partial charge in [0.25, 0.3) is 10.0 Å². The molecule has 1 aliphatic heterocycles. The molecule has 2 aromatic carbocycles. The van der Waals surface area contributed by atoms with Crippen LogP contribution in [0.25, 0.3) is 0 Å². The largest absolute Gasteiger partial charge is 0.493 e. The highest BCUT2D eigenvalue weighted by Crippen LogP contribution is 2.31. The van der Waals surface area contributed by atoms with Crippen molar-refractivity contribution in [3.8, 4) is 11.5 Å². The molecule has 0 saturated heterocycles. The summed E-state index contributed by atoms with van der Waals surface area (Å²) in [6.07, 6.45) is 0.721. The van der Waals surface area contributed by atoms with Crippen LogP contribution in [0.2, 0.25) is 0 Å². The maximum absolute atomic E-state index is 12.8. The third-order valence-corrected chi connectivity index (χ3v) is 5.96. The number of hydrogen-bond acceptors (Lipinski definition) is 5. The van der Waals surface area contributed by atoms with Crippen molar-refractivity contribution in [2.24, 2.45) is 0 Å². The van der Waals surface area contributed by atoms with Crippen LogP contribution < -0.4 is 14.2 Å². The van der Waals surface area contributed by atoms with E-state index in [1.54, 1.807) is 35.2 Å². The molecular weight excluding hydrogens is 368 g/mol. The Morgan fingerprint density at radius 2 is 1.78 bits per heavy atom. The van der Waals surface area contributed by atoms with Crippen LogP contribution >= 0.6 is 0 Å². The van der Waals surface area contributed by atoms with Crippen molar-refractivity contribution in [3.63, 3.8) is 0 Å². The van der Waals surface area contributed by atoms with Crippen molar-refractivity contribution in [2.75, 3.05) is 25.5 Å². The quantitative estimate of drug-likeness (QED) is 0.847. The van der Waals surface area contributed by atoms with Crippen molar-refractivity contribution >= 4 is 21.6 Å². The Kier molecular flexibility index (Phi) is 5.27. The van der Waals surface area contributed by atoms with E-state index in [1.807, 2.05) is 6.07 Å². The zero-order valence-corrected chi connectivity index (χ0v) is 16.3. The Balaban J connectivity index is 1.88. The third kappa shape index (κ3) is 4.00. The molecule has 8 heteroatoms. The first-order valence-corrected chi connectivity index (χ1v) is 9.94. The van der Waals surface area contributed by atoms with Gasteiger partial charge >= 0.3 is 0 Å². The fraction of sp³-hybridized carbons (Fsp3) is 0.316. The van der Waals surface area contributed by atoms with Crippen molar-refractivity contribution in [2.45, 2.75) is 24.8 Å². The first-order valence-electron chi connectivity index (χ1n) is 8.46. The summed E-state index contributed by atoms with van der Waals surface area (Å²) in [7, 11) is -0.779. The minimum atomic E-state index is -3.78.